The number of carbonyl (C=O) groups excluding carboxylic acids is 2. The van der Waals surface area contributed by atoms with Crippen LogP contribution >= 0.6 is 63.1 Å². The van der Waals surface area contributed by atoms with E-state index in [2.05, 4.69) is 20.7 Å². The van der Waals surface area contributed by atoms with Crippen LogP contribution in [-0.2, 0) is 20.9 Å². The fourth-order valence-corrected chi connectivity index (χ4v) is 5.61. The molecule has 0 N–H and O–H groups in total. The molecular formula is C24H22BrCl2NO5S2. The van der Waals surface area contributed by atoms with Crippen molar-refractivity contribution in [3.63, 3.8) is 0 Å². The number of ether oxygens (including phenoxy) is 3. The number of hydrogen-bond acceptors (Lipinski definition) is 7. The average molecular weight is 619 g/mol. The van der Waals surface area contributed by atoms with E-state index in [0.717, 1.165) is 5.56 Å². The topological polar surface area (TPSA) is 65.1 Å². The van der Waals surface area contributed by atoms with E-state index in [1.54, 1.807) is 30.3 Å². The maximum Gasteiger partial charge on any atom is 0.305 e. The highest BCUT2D eigenvalue weighted by atomic mass is 79.9. The van der Waals surface area contributed by atoms with Gasteiger partial charge in [0.05, 0.1) is 23.1 Å². The molecule has 0 aromatic heterocycles. The minimum Gasteiger partial charge on any atom is -0.490 e. The van der Waals surface area contributed by atoms with E-state index >= 15 is 0 Å². The van der Waals surface area contributed by atoms with E-state index < -0.39 is 0 Å². The van der Waals surface area contributed by atoms with Gasteiger partial charge in [-0.3, -0.25) is 14.5 Å². The Bertz CT molecular complexity index is 1150. The largest absolute Gasteiger partial charge is 0.490 e. The van der Waals surface area contributed by atoms with Crippen molar-refractivity contribution in [1.82, 2.24) is 4.90 Å². The Morgan fingerprint density at radius 2 is 1.94 bits per heavy atom. The lowest BCUT2D eigenvalue weighted by Gasteiger charge is -2.16. The number of benzene rings is 2. The molecule has 6 nitrogen and oxygen atoms in total. The standard InChI is InChI=1S/C24H22BrCl2NO5S2/c1-3-32-19-11-14(10-16(25)22(19)33-13-15-17(26)6-4-7-18(15)27)12-20-23(30)28(24(34)35-20)9-5-8-21(29)31-2/h4,6-7,10-12H,3,5,8-9,13H2,1-2H3/b20-12-. The molecule has 35 heavy (non-hydrogen) atoms. The van der Waals surface area contributed by atoms with Gasteiger partial charge in [0.15, 0.2) is 11.5 Å². The first-order chi connectivity index (χ1) is 16.7. The number of nitrogens with zero attached hydrogens (tertiary/aromatic N) is 1. The Morgan fingerprint density at radius 3 is 2.60 bits per heavy atom. The van der Waals surface area contributed by atoms with Gasteiger partial charge in [0.25, 0.3) is 5.91 Å². The van der Waals surface area contributed by atoms with E-state index in [4.69, 9.17) is 44.9 Å². The summed E-state index contributed by atoms with van der Waals surface area (Å²) in [7, 11) is 1.33. The van der Waals surface area contributed by atoms with E-state index in [1.807, 2.05) is 13.0 Å². The molecule has 0 radical (unpaired) electrons. The number of methoxy groups -OCH3 is 1. The van der Waals surface area contributed by atoms with Crippen molar-refractivity contribution in [1.29, 1.82) is 0 Å². The zero-order valence-corrected chi connectivity index (χ0v) is 23.7. The monoisotopic (exact) mass is 617 g/mol. The molecule has 0 saturated carbocycles. The summed E-state index contributed by atoms with van der Waals surface area (Å²) in [6, 6.07) is 8.89. The molecule has 1 amide bonds. The van der Waals surface area contributed by atoms with Crippen LogP contribution in [0.5, 0.6) is 11.5 Å². The summed E-state index contributed by atoms with van der Waals surface area (Å²) >= 11 is 22.7. The van der Waals surface area contributed by atoms with Crippen LogP contribution in [0.3, 0.4) is 0 Å². The van der Waals surface area contributed by atoms with Crippen LogP contribution in [0.4, 0.5) is 0 Å². The van der Waals surface area contributed by atoms with Crippen molar-refractivity contribution < 1.29 is 23.8 Å². The first-order valence-electron chi connectivity index (χ1n) is 10.6. The summed E-state index contributed by atoms with van der Waals surface area (Å²) in [5, 5.41) is 1.02. The van der Waals surface area contributed by atoms with Gasteiger partial charge in [-0.05, 0) is 65.2 Å². The van der Waals surface area contributed by atoms with Gasteiger partial charge < -0.3 is 14.2 Å². The first-order valence-corrected chi connectivity index (χ1v) is 13.4. The lowest BCUT2D eigenvalue weighted by Crippen LogP contribution is -2.29. The molecular weight excluding hydrogens is 597 g/mol. The molecule has 1 fully saturated rings. The number of thiocarbonyl (C=S) groups is 1. The van der Waals surface area contributed by atoms with Crippen molar-refractivity contribution >= 4 is 85.4 Å². The Hall–Kier alpha value is -1.78. The van der Waals surface area contributed by atoms with Crippen molar-refractivity contribution in [3.05, 3.63) is 60.9 Å². The molecule has 1 aliphatic heterocycles. The van der Waals surface area contributed by atoms with E-state index in [1.165, 1.54) is 23.8 Å². The second-order valence-corrected chi connectivity index (χ2v) is 10.6. The molecule has 2 aromatic rings. The number of hydrogen-bond donors (Lipinski definition) is 0. The third-order valence-corrected chi connectivity index (χ3v) is 7.59. The van der Waals surface area contributed by atoms with E-state index in [0.29, 0.717) is 60.4 Å². The summed E-state index contributed by atoms with van der Waals surface area (Å²) in [5.74, 6) is 0.478. The Balaban J connectivity index is 1.79. The predicted octanol–water partition coefficient (Wildman–Crippen LogP) is 6.89. The van der Waals surface area contributed by atoms with Gasteiger partial charge in [-0.15, -0.1) is 0 Å². The quantitative estimate of drug-likeness (QED) is 0.163. The smallest absolute Gasteiger partial charge is 0.305 e. The Labute approximate surface area is 232 Å². The number of rotatable bonds is 10. The molecule has 11 heteroatoms. The van der Waals surface area contributed by atoms with Gasteiger partial charge in [-0.25, -0.2) is 0 Å². The molecule has 0 atom stereocenters. The summed E-state index contributed by atoms with van der Waals surface area (Å²) in [6.07, 6.45) is 2.44. The fraction of sp³-hybridized carbons (Fsp3) is 0.292. The van der Waals surface area contributed by atoms with Crippen molar-refractivity contribution in [2.24, 2.45) is 0 Å². The molecule has 186 valence electrons. The maximum absolute atomic E-state index is 12.9. The number of thioether (sulfide) groups is 1. The van der Waals surface area contributed by atoms with Crippen LogP contribution in [0, 0.1) is 0 Å². The normalized spacial score (nSPS) is 14.5. The first kappa shape index (κ1) is 27.8. The molecule has 0 unspecified atom stereocenters. The van der Waals surface area contributed by atoms with Gasteiger partial charge >= 0.3 is 5.97 Å². The zero-order valence-electron chi connectivity index (χ0n) is 18.9. The van der Waals surface area contributed by atoms with Gasteiger partial charge in [-0.1, -0.05) is 53.2 Å². The van der Waals surface area contributed by atoms with Crippen molar-refractivity contribution in [3.8, 4) is 11.5 Å². The van der Waals surface area contributed by atoms with Gasteiger partial charge in [-0.2, -0.15) is 0 Å². The van der Waals surface area contributed by atoms with Crippen molar-refractivity contribution in [2.45, 2.75) is 26.4 Å². The highest BCUT2D eigenvalue weighted by Gasteiger charge is 2.31. The molecule has 3 rings (SSSR count). The van der Waals surface area contributed by atoms with Gasteiger partial charge in [0, 0.05) is 28.6 Å². The fourth-order valence-electron chi connectivity index (χ4n) is 3.22. The molecule has 1 aliphatic rings. The zero-order chi connectivity index (χ0) is 25.5. The third kappa shape index (κ3) is 7.13. The molecule has 0 aliphatic carbocycles. The SMILES string of the molecule is CCOc1cc(/C=C2\SC(=S)N(CCCC(=O)OC)C2=O)cc(Br)c1OCc1c(Cl)cccc1Cl. The predicted molar refractivity (Wildman–Crippen MR) is 147 cm³/mol. The number of amides is 1. The van der Waals surface area contributed by atoms with Crippen LogP contribution in [0.2, 0.25) is 10.0 Å². The van der Waals surface area contributed by atoms with Gasteiger partial charge in [0.2, 0.25) is 0 Å². The third-order valence-electron chi connectivity index (χ3n) is 4.92. The molecule has 2 aromatic carbocycles. The molecule has 0 spiro atoms. The molecule has 1 heterocycles. The summed E-state index contributed by atoms with van der Waals surface area (Å²) in [6.45, 7) is 2.79. The highest BCUT2D eigenvalue weighted by molar-refractivity contribution is 9.10. The van der Waals surface area contributed by atoms with Crippen LogP contribution < -0.4 is 9.47 Å². The Kier molecular flexibility index (Phi) is 10.3. The second-order valence-electron chi connectivity index (χ2n) is 7.26. The van der Waals surface area contributed by atoms with Crippen LogP contribution in [0.25, 0.3) is 6.08 Å². The summed E-state index contributed by atoms with van der Waals surface area (Å²) in [4.78, 5) is 26.2. The Morgan fingerprint density at radius 1 is 1.23 bits per heavy atom. The van der Waals surface area contributed by atoms with Crippen LogP contribution in [0.1, 0.15) is 30.9 Å². The van der Waals surface area contributed by atoms with E-state index in [-0.39, 0.29) is 24.9 Å². The highest BCUT2D eigenvalue weighted by Crippen LogP contribution is 2.40. The lowest BCUT2D eigenvalue weighted by atomic mass is 10.1. The van der Waals surface area contributed by atoms with Crippen LogP contribution in [0.15, 0.2) is 39.7 Å². The molecule has 0 bridgehead atoms. The number of esters is 1. The number of carbonyl (C=O) groups is 2. The van der Waals surface area contributed by atoms with E-state index in [9.17, 15) is 9.59 Å². The lowest BCUT2D eigenvalue weighted by molar-refractivity contribution is -0.141. The minimum atomic E-state index is -0.321. The minimum absolute atomic E-state index is 0.154. The second kappa shape index (κ2) is 13.0. The summed E-state index contributed by atoms with van der Waals surface area (Å²) < 4.78 is 17.6. The van der Waals surface area contributed by atoms with Crippen molar-refractivity contribution in [2.75, 3.05) is 20.3 Å². The summed E-state index contributed by atoms with van der Waals surface area (Å²) in [5.41, 5.74) is 1.41. The average Bonchev–Trinajstić information content (AvgIpc) is 3.07. The molecule has 1 saturated heterocycles. The maximum atomic E-state index is 12.9. The van der Waals surface area contributed by atoms with Gasteiger partial charge in [0.1, 0.15) is 10.9 Å². The van der Waals surface area contributed by atoms with Crippen LogP contribution in [-0.4, -0.2) is 41.4 Å². The number of halogens is 3.